The second-order valence-electron chi connectivity index (χ2n) is 7.06. The summed E-state index contributed by atoms with van der Waals surface area (Å²) in [5.74, 6) is -0.483. The Kier molecular flexibility index (Phi) is 5.40. The van der Waals surface area contributed by atoms with Crippen LogP contribution in [0.25, 0.3) is 5.69 Å². The number of esters is 1. The number of para-hydroxylation sites is 1. The van der Waals surface area contributed by atoms with E-state index < -0.39 is 12.1 Å². The van der Waals surface area contributed by atoms with Crippen molar-refractivity contribution >= 4 is 11.9 Å². The van der Waals surface area contributed by atoms with Gasteiger partial charge in [-0.3, -0.25) is 4.79 Å². The molecule has 1 aromatic heterocycles. The predicted molar refractivity (Wildman–Crippen MR) is 98.3 cm³/mol. The van der Waals surface area contributed by atoms with E-state index >= 15 is 0 Å². The van der Waals surface area contributed by atoms with Crippen molar-refractivity contribution in [3.8, 4) is 5.69 Å². The highest BCUT2D eigenvalue weighted by Crippen LogP contribution is 2.28. The summed E-state index contributed by atoms with van der Waals surface area (Å²) in [6, 6.07) is 9.75. The van der Waals surface area contributed by atoms with Gasteiger partial charge in [-0.2, -0.15) is 5.10 Å². The number of aromatic nitrogens is 2. The van der Waals surface area contributed by atoms with E-state index in [9.17, 15) is 9.59 Å². The number of fused-ring (bicyclic) bond motifs is 1. The lowest BCUT2D eigenvalue weighted by Crippen LogP contribution is -2.37. The van der Waals surface area contributed by atoms with Gasteiger partial charge in [0.1, 0.15) is 0 Å². The SMILES string of the molecule is CC(C)CNC(=O)[C@H](C)OC(=O)c1nn(-c2ccccc2)c2c1CCC2. The van der Waals surface area contributed by atoms with Gasteiger partial charge in [-0.1, -0.05) is 32.0 Å². The molecular weight excluding hydrogens is 330 g/mol. The Morgan fingerprint density at radius 1 is 1.19 bits per heavy atom. The molecule has 0 spiro atoms. The van der Waals surface area contributed by atoms with Gasteiger partial charge >= 0.3 is 5.97 Å². The third-order valence-corrected chi connectivity index (χ3v) is 4.46. The fraction of sp³-hybridized carbons (Fsp3) is 0.450. The van der Waals surface area contributed by atoms with E-state index in [1.54, 1.807) is 6.92 Å². The molecule has 1 amide bonds. The first-order valence-corrected chi connectivity index (χ1v) is 9.12. The van der Waals surface area contributed by atoms with Crippen LogP contribution in [0.3, 0.4) is 0 Å². The average molecular weight is 355 g/mol. The molecule has 0 radical (unpaired) electrons. The Bertz CT molecular complexity index is 796. The molecule has 0 saturated carbocycles. The third-order valence-electron chi connectivity index (χ3n) is 4.46. The Morgan fingerprint density at radius 3 is 2.62 bits per heavy atom. The number of benzene rings is 1. The summed E-state index contributed by atoms with van der Waals surface area (Å²) in [5, 5.41) is 7.28. The Morgan fingerprint density at radius 2 is 1.92 bits per heavy atom. The highest BCUT2D eigenvalue weighted by Gasteiger charge is 2.29. The minimum atomic E-state index is -0.847. The number of nitrogens with one attached hydrogen (secondary N) is 1. The molecule has 1 aromatic carbocycles. The number of rotatable bonds is 6. The first kappa shape index (κ1) is 18.2. The number of amides is 1. The second kappa shape index (κ2) is 7.72. The highest BCUT2D eigenvalue weighted by atomic mass is 16.5. The molecule has 0 unspecified atom stereocenters. The fourth-order valence-electron chi connectivity index (χ4n) is 3.10. The van der Waals surface area contributed by atoms with Gasteiger partial charge in [0, 0.05) is 17.8 Å². The molecule has 1 aliphatic carbocycles. The molecule has 6 nitrogen and oxygen atoms in total. The van der Waals surface area contributed by atoms with Crippen LogP contribution in [0.2, 0.25) is 0 Å². The van der Waals surface area contributed by atoms with E-state index in [4.69, 9.17) is 4.74 Å². The summed E-state index contributed by atoms with van der Waals surface area (Å²) in [6.07, 6.45) is 1.83. The van der Waals surface area contributed by atoms with Crippen LogP contribution in [0.15, 0.2) is 30.3 Å². The maximum atomic E-state index is 12.6. The predicted octanol–water partition coefficient (Wildman–Crippen LogP) is 2.68. The van der Waals surface area contributed by atoms with Crippen LogP contribution in [-0.4, -0.2) is 34.3 Å². The van der Waals surface area contributed by atoms with Crippen LogP contribution >= 0.6 is 0 Å². The number of hydrogen-bond donors (Lipinski definition) is 1. The average Bonchev–Trinajstić information content (AvgIpc) is 3.22. The molecule has 26 heavy (non-hydrogen) atoms. The molecule has 3 rings (SSSR count). The lowest BCUT2D eigenvalue weighted by molar-refractivity contribution is -0.129. The normalized spacial score (nSPS) is 14.2. The molecule has 2 aromatic rings. The first-order valence-electron chi connectivity index (χ1n) is 9.12. The zero-order valence-corrected chi connectivity index (χ0v) is 15.5. The molecule has 138 valence electrons. The van der Waals surface area contributed by atoms with E-state index in [0.717, 1.165) is 36.2 Å². The van der Waals surface area contributed by atoms with Crippen molar-refractivity contribution in [2.45, 2.75) is 46.1 Å². The molecule has 0 saturated heterocycles. The van der Waals surface area contributed by atoms with Gasteiger partial charge < -0.3 is 10.1 Å². The summed E-state index contributed by atoms with van der Waals surface area (Å²) >= 11 is 0. The van der Waals surface area contributed by atoms with Crippen LogP contribution < -0.4 is 5.32 Å². The molecule has 1 heterocycles. The van der Waals surface area contributed by atoms with Crippen molar-refractivity contribution in [2.24, 2.45) is 5.92 Å². The van der Waals surface area contributed by atoms with Crippen LogP contribution in [-0.2, 0) is 22.4 Å². The summed E-state index contributed by atoms with van der Waals surface area (Å²) in [5.41, 5.74) is 3.24. The lowest BCUT2D eigenvalue weighted by atomic mass is 10.2. The largest absolute Gasteiger partial charge is 0.448 e. The molecule has 1 N–H and O–H groups in total. The molecule has 1 aliphatic rings. The van der Waals surface area contributed by atoms with Crippen LogP contribution in [0.5, 0.6) is 0 Å². The van der Waals surface area contributed by atoms with Crippen molar-refractivity contribution in [2.75, 3.05) is 6.54 Å². The first-order chi connectivity index (χ1) is 12.5. The molecule has 0 aliphatic heterocycles. The molecule has 1 atom stereocenters. The highest BCUT2D eigenvalue weighted by molar-refractivity contribution is 5.92. The van der Waals surface area contributed by atoms with Crippen molar-refractivity contribution in [1.82, 2.24) is 15.1 Å². The monoisotopic (exact) mass is 355 g/mol. The number of hydrogen-bond acceptors (Lipinski definition) is 4. The number of ether oxygens (including phenoxy) is 1. The molecular formula is C20H25N3O3. The standard InChI is InChI=1S/C20H25N3O3/c1-13(2)12-21-19(24)14(3)26-20(25)18-16-10-7-11-17(16)23(22-18)15-8-5-4-6-9-15/h4-6,8-9,13-14H,7,10-12H2,1-3H3,(H,21,24)/t14-/m0/s1. The topological polar surface area (TPSA) is 73.2 Å². The number of nitrogens with zero attached hydrogens (tertiary/aromatic N) is 2. The quantitative estimate of drug-likeness (QED) is 0.809. The number of carbonyl (C=O) groups is 2. The minimum absolute atomic E-state index is 0.286. The maximum absolute atomic E-state index is 12.6. The van der Waals surface area contributed by atoms with Crippen molar-refractivity contribution < 1.29 is 14.3 Å². The van der Waals surface area contributed by atoms with Gasteiger partial charge in [0.15, 0.2) is 11.8 Å². The zero-order chi connectivity index (χ0) is 18.7. The smallest absolute Gasteiger partial charge is 0.359 e. The van der Waals surface area contributed by atoms with Crippen molar-refractivity contribution in [1.29, 1.82) is 0 Å². The third kappa shape index (κ3) is 3.79. The molecule has 6 heteroatoms. The number of carbonyl (C=O) groups excluding carboxylic acids is 2. The van der Waals surface area contributed by atoms with Crippen LogP contribution in [0.4, 0.5) is 0 Å². The summed E-state index contributed by atoms with van der Waals surface area (Å²) in [4.78, 5) is 24.7. The van der Waals surface area contributed by atoms with Gasteiger partial charge in [0.05, 0.1) is 5.69 Å². The van der Waals surface area contributed by atoms with Gasteiger partial charge in [-0.15, -0.1) is 0 Å². The Hall–Kier alpha value is -2.63. The van der Waals surface area contributed by atoms with E-state index in [2.05, 4.69) is 10.4 Å². The molecule has 0 bridgehead atoms. The summed E-state index contributed by atoms with van der Waals surface area (Å²) in [7, 11) is 0. The van der Waals surface area contributed by atoms with Gasteiger partial charge in [0.2, 0.25) is 0 Å². The Balaban J connectivity index is 1.77. The van der Waals surface area contributed by atoms with Crippen molar-refractivity contribution in [3.05, 3.63) is 47.3 Å². The zero-order valence-electron chi connectivity index (χ0n) is 15.5. The van der Waals surface area contributed by atoms with E-state index in [1.807, 2.05) is 48.9 Å². The van der Waals surface area contributed by atoms with Crippen LogP contribution in [0.1, 0.15) is 48.9 Å². The second-order valence-corrected chi connectivity index (χ2v) is 7.06. The van der Waals surface area contributed by atoms with E-state index in [0.29, 0.717) is 18.2 Å². The van der Waals surface area contributed by atoms with Crippen molar-refractivity contribution in [3.63, 3.8) is 0 Å². The summed E-state index contributed by atoms with van der Waals surface area (Å²) < 4.78 is 7.20. The van der Waals surface area contributed by atoms with E-state index in [-0.39, 0.29) is 5.91 Å². The minimum Gasteiger partial charge on any atom is -0.448 e. The summed E-state index contributed by atoms with van der Waals surface area (Å²) in [6.45, 7) is 6.16. The Labute approximate surface area is 153 Å². The van der Waals surface area contributed by atoms with Gasteiger partial charge in [0.25, 0.3) is 5.91 Å². The maximum Gasteiger partial charge on any atom is 0.359 e. The van der Waals surface area contributed by atoms with Gasteiger partial charge in [-0.05, 0) is 44.2 Å². The lowest BCUT2D eigenvalue weighted by Gasteiger charge is -2.14. The fourth-order valence-corrected chi connectivity index (χ4v) is 3.10. The molecule has 0 fully saturated rings. The van der Waals surface area contributed by atoms with Crippen LogP contribution in [0, 0.1) is 5.92 Å². The van der Waals surface area contributed by atoms with E-state index in [1.165, 1.54) is 0 Å². The van der Waals surface area contributed by atoms with Gasteiger partial charge in [-0.25, -0.2) is 9.48 Å².